The van der Waals surface area contributed by atoms with Crippen LogP contribution in [-0.4, -0.2) is 64.0 Å². The fourth-order valence-corrected chi connectivity index (χ4v) is 4.12. The summed E-state index contributed by atoms with van der Waals surface area (Å²) in [7, 11) is 0. The molecule has 7 nitrogen and oxygen atoms in total. The lowest BCUT2D eigenvalue weighted by molar-refractivity contribution is -0.123. The Balaban J connectivity index is 1.50. The molecule has 0 aliphatic carbocycles. The lowest BCUT2D eigenvalue weighted by Crippen LogP contribution is -2.54. The molecule has 2 aromatic heterocycles. The number of rotatable bonds is 8. The van der Waals surface area contributed by atoms with Gasteiger partial charge in [0, 0.05) is 55.2 Å². The Morgan fingerprint density at radius 3 is 2.52 bits per heavy atom. The van der Waals surface area contributed by atoms with Crippen LogP contribution in [-0.2, 0) is 22.5 Å². The highest BCUT2D eigenvalue weighted by molar-refractivity contribution is 5.76. The number of morpholine rings is 1. The zero-order chi connectivity index (χ0) is 23.3. The van der Waals surface area contributed by atoms with Crippen LogP contribution in [0, 0.1) is 5.82 Å². The Kier molecular flexibility index (Phi) is 7.15. The first-order chi connectivity index (χ1) is 15.9. The normalized spacial score (nSPS) is 14.9. The molecule has 33 heavy (non-hydrogen) atoms. The van der Waals surface area contributed by atoms with Crippen molar-refractivity contribution in [3.63, 3.8) is 0 Å². The number of ether oxygens (including phenoxy) is 1. The maximum absolute atomic E-state index is 13.3. The molecule has 0 unspecified atom stereocenters. The van der Waals surface area contributed by atoms with Crippen molar-refractivity contribution in [2.45, 2.75) is 32.4 Å². The third kappa shape index (κ3) is 6.46. The van der Waals surface area contributed by atoms with E-state index in [9.17, 15) is 9.18 Å². The summed E-state index contributed by atoms with van der Waals surface area (Å²) >= 11 is 0. The van der Waals surface area contributed by atoms with Gasteiger partial charge in [-0.2, -0.15) is 5.10 Å². The van der Waals surface area contributed by atoms with Crippen molar-refractivity contribution in [1.29, 1.82) is 0 Å². The van der Waals surface area contributed by atoms with E-state index in [-0.39, 0.29) is 23.8 Å². The van der Waals surface area contributed by atoms with Crippen molar-refractivity contribution in [3.8, 4) is 11.3 Å². The van der Waals surface area contributed by atoms with Crippen molar-refractivity contribution in [2.24, 2.45) is 0 Å². The van der Waals surface area contributed by atoms with Crippen molar-refractivity contribution in [3.05, 3.63) is 71.9 Å². The molecule has 4 rings (SSSR count). The van der Waals surface area contributed by atoms with Crippen molar-refractivity contribution >= 4 is 5.91 Å². The second-order valence-corrected chi connectivity index (χ2v) is 9.04. The minimum Gasteiger partial charge on any atom is -0.379 e. The molecule has 0 spiro atoms. The van der Waals surface area contributed by atoms with Gasteiger partial charge in [-0.05, 0) is 49.7 Å². The highest BCUT2D eigenvalue weighted by Gasteiger charge is 2.25. The van der Waals surface area contributed by atoms with Crippen molar-refractivity contribution < 1.29 is 13.9 Å². The van der Waals surface area contributed by atoms with Crippen LogP contribution in [0.25, 0.3) is 11.3 Å². The minimum absolute atomic E-state index is 0.0991. The Labute approximate surface area is 193 Å². The molecule has 1 aromatic carbocycles. The van der Waals surface area contributed by atoms with Crippen LogP contribution in [0.1, 0.15) is 25.1 Å². The average Bonchev–Trinajstić information content (AvgIpc) is 3.18. The summed E-state index contributed by atoms with van der Waals surface area (Å²) < 4.78 is 20.5. The van der Waals surface area contributed by atoms with Gasteiger partial charge in [0.25, 0.3) is 0 Å². The molecule has 3 aromatic rings. The predicted octanol–water partition coefficient (Wildman–Crippen LogP) is 2.90. The van der Waals surface area contributed by atoms with Crippen LogP contribution in [0.4, 0.5) is 4.39 Å². The maximum Gasteiger partial charge on any atom is 0.242 e. The van der Waals surface area contributed by atoms with E-state index in [1.165, 1.54) is 12.1 Å². The van der Waals surface area contributed by atoms with Gasteiger partial charge in [-0.1, -0.05) is 12.1 Å². The number of benzene rings is 1. The molecule has 1 aliphatic heterocycles. The van der Waals surface area contributed by atoms with Gasteiger partial charge in [-0.3, -0.25) is 19.4 Å². The number of aromatic nitrogens is 3. The summed E-state index contributed by atoms with van der Waals surface area (Å²) in [6, 6.07) is 12.2. The SMILES string of the molecule is CC(C)(CN1CCOCC1)NC(=O)Cn1nc(-c2ccncc2)cc1Cc1ccc(F)cc1. The van der Waals surface area contributed by atoms with Gasteiger partial charge in [0.05, 0.1) is 18.9 Å². The molecule has 0 atom stereocenters. The largest absolute Gasteiger partial charge is 0.379 e. The Hall–Kier alpha value is -3.10. The van der Waals surface area contributed by atoms with Crippen LogP contribution in [0.3, 0.4) is 0 Å². The number of hydrogen-bond donors (Lipinski definition) is 1. The van der Waals surface area contributed by atoms with E-state index in [1.807, 2.05) is 32.0 Å². The lowest BCUT2D eigenvalue weighted by atomic mass is 10.0. The first kappa shape index (κ1) is 23.1. The fourth-order valence-electron chi connectivity index (χ4n) is 4.12. The number of amides is 1. The lowest BCUT2D eigenvalue weighted by Gasteiger charge is -2.35. The average molecular weight is 452 g/mol. The molecule has 0 radical (unpaired) electrons. The van der Waals surface area contributed by atoms with Gasteiger partial charge in [0.15, 0.2) is 0 Å². The van der Waals surface area contributed by atoms with E-state index in [1.54, 1.807) is 29.2 Å². The fraction of sp³-hybridized carbons (Fsp3) is 0.400. The predicted molar refractivity (Wildman–Crippen MR) is 124 cm³/mol. The number of nitrogens with zero attached hydrogens (tertiary/aromatic N) is 4. The van der Waals surface area contributed by atoms with Gasteiger partial charge in [0.1, 0.15) is 12.4 Å². The van der Waals surface area contributed by atoms with Crippen LogP contribution >= 0.6 is 0 Å². The summed E-state index contributed by atoms with van der Waals surface area (Å²) in [4.78, 5) is 19.4. The highest BCUT2D eigenvalue weighted by Crippen LogP contribution is 2.21. The number of carbonyl (C=O) groups is 1. The van der Waals surface area contributed by atoms with E-state index in [0.717, 1.165) is 55.4 Å². The quantitative estimate of drug-likeness (QED) is 0.570. The number of hydrogen-bond acceptors (Lipinski definition) is 5. The zero-order valence-corrected chi connectivity index (χ0v) is 19.1. The molecule has 8 heteroatoms. The summed E-state index contributed by atoms with van der Waals surface area (Å²) in [6.07, 6.45) is 3.98. The monoisotopic (exact) mass is 451 g/mol. The molecule has 174 valence electrons. The second kappa shape index (κ2) is 10.2. The number of halogens is 1. The van der Waals surface area contributed by atoms with Crippen LogP contribution < -0.4 is 5.32 Å². The first-order valence-corrected chi connectivity index (χ1v) is 11.2. The van der Waals surface area contributed by atoms with E-state index in [4.69, 9.17) is 9.84 Å². The summed E-state index contributed by atoms with van der Waals surface area (Å²) in [6.45, 7) is 8.12. The molecular formula is C25H30FN5O2. The van der Waals surface area contributed by atoms with E-state index in [2.05, 4.69) is 15.2 Å². The number of pyridine rings is 1. The second-order valence-electron chi connectivity index (χ2n) is 9.04. The van der Waals surface area contributed by atoms with Crippen LogP contribution in [0.5, 0.6) is 0 Å². The third-order valence-electron chi connectivity index (χ3n) is 5.63. The summed E-state index contributed by atoms with van der Waals surface area (Å²) in [5.41, 5.74) is 3.15. The van der Waals surface area contributed by atoms with Gasteiger partial charge in [-0.25, -0.2) is 4.39 Å². The Morgan fingerprint density at radius 1 is 1.12 bits per heavy atom. The van der Waals surface area contributed by atoms with Crippen LogP contribution in [0.15, 0.2) is 54.9 Å². The highest BCUT2D eigenvalue weighted by atomic mass is 19.1. The third-order valence-corrected chi connectivity index (χ3v) is 5.63. The molecule has 1 amide bonds. The number of carbonyl (C=O) groups excluding carboxylic acids is 1. The Bertz CT molecular complexity index is 1060. The smallest absolute Gasteiger partial charge is 0.242 e. The van der Waals surface area contributed by atoms with Crippen LogP contribution in [0.2, 0.25) is 0 Å². The van der Waals surface area contributed by atoms with E-state index in [0.29, 0.717) is 6.42 Å². The Morgan fingerprint density at radius 2 is 1.82 bits per heavy atom. The molecule has 1 saturated heterocycles. The molecular weight excluding hydrogens is 421 g/mol. The van der Waals surface area contributed by atoms with Crippen molar-refractivity contribution in [2.75, 3.05) is 32.8 Å². The van der Waals surface area contributed by atoms with Gasteiger partial charge in [-0.15, -0.1) is 0 Å². The molecule has 1 aliphatic rings. The molecule has 3 heterocycles. The van der Waals surface area contributed by atoms with Gasteiger partial charge in [0.2, 0.25) is 5.91 Å². The van der Waals surface area contributed by atoms with Crippen molar-refractivity contribution in [1.82, 2.24) is 25.0 Å². The van der Waals surface area contributed by atoms with E-state index < -0.39 is 0 Å². The molecule has 1 fully saturated rings. The topological polar surface area (TPSA) is 72.3 Å². The number of nitrogens with one attached hydrogen (secondary N) is 1. The molecule has 0 bridgehead atoms. The van der Waals surface area contributed by atoms with Gasteiger partial charge < -0.3 is 10.1 Å². The maximum atomic E-state index is 13.3. The molecule has 1 N–H and O–H groups in total. The summed E-state index contributed by atoms with van der Waals surface area (Å²) in [5.74, 6) is -0.371. The summed E-state index contributed by atoms with van der Waals surface area (Å²) in [5, 5.41) is 7.86. The molecule has 0 saturated carbocycles. The minimum atomic E-state index is -0.382. The first-order valence-electron chi connectivity index (χ1n) is 11.2. The van der Waals surface area contributed by atoms with E-state index >= 15 is 0 Å². The zero-order valence-electron chi connectivity index (χ0n) is 19.1. The van der Waals surface area contributed by atoms with Gasteiger partial charge >= 0.3 is 0 Å². The standard InChI is InChI=1S/C25H30FN5O2/c1-25(2,18-30-11-13-33-14-12-30)28-24(32)17-31-22(15-19-3-5-21(26)6-4-19)16-23(29-31)20-7-9-27-10-8-20/h3-10,16H,11-15,17-18H2,1-2H3,(H,28,32).